The van der Waals surface area contributed by atoms with Crippen molar-refractivity contribution in [2.45, 2.75) is 44.9 Å². The molecule has 2 aliphatic rings. The van der Waals surface area contributed by atoms with Crippen molar-refractivity contribution in [3.05, 3.63) is 23.2 Å². The first kappa shape index (κ1) is 19.1. The maximum atomic E-state index is 12.5. The van der Waals surface area contributed by atoms with Gasteiger partial charge in [-0.15, -0.1) is 0 Å². The van der Waals surface area contributed by atoms with Gasteiger partial charge in [-0.1, -0.05) is 17.7 Å². The van der Waals surface area contributed by atoms with Crippen LogP contribution in [0.25, 0.3) is 0 Å². The molecule has 1 fully saturated rings. The van der Waals surface area contributed by atoms with Crippen LogP contribution in [0.2, 0.25) is 5.02 Å². The van der Waals surface area contributed by atoms with Crippen molar-refractivity contribution >= 4 is 23.4 Å². The Hall–Kier alpha value is -1.66. The van der Waals surface area contributed by atoms with E-state index in [0.29, 0.717) is 37.0 Å². The number of hydrogen-bond acceptors (Lipinski definition) is 5. The van der Waals surface area contributed by atoms with Crippen LogP contribution in [0.5, 0.6) is 5.75 Å². The monoisotopic (exact) mass is 382 g/mol. The second-order valence-electron chi connectivity index (χ2n) is 7.79. The zero-order valence-electron chi connectivity index (χ0n) is 15.8. The van der Waals surface area contributed by atoms with E-state index in [0.717, 1.165) is 12.1 Å². The fraction of sp³-hybridized carbons (Fsp3) is 0.632. The van der Waals surface area contributed by atoms with Gasteiger partial charge in [-0.25, -0.2) is 4.79 Å². The Morgan fingerprint density at radius 1 is 1.35 bits per heavy atom. The molecule has 0 aliphatic carbocycles. The number of hydrogen-bond donors (Lipinski definition) is 0. The Kier molecular flexibility index (Phi) is 5.53. The number of rotatable bonds is 2. The van der Waals surface area contributed by atoms with Gasteiger partial charge in [0, 0.05) is 33.2 Å². The van der Waals surface area contributed by atoms with Gasteiger partial charge in [0.25, 0.3) is 0 Å². The number of nitrogens with zero attached hydrogens (tertiary/aromatic N) is 2. The van der Waals surface area contributed by atoms with Gasteiger partial charge in [-0.2, -0.15) is 0 Å². The maximum Gasteiger partial charge on any atom is 0.410 e. The molecule has 2 heterocycles. The average Bonchev–Trinajstić information content (AvgIpc) is 2.70. The topological polar surface area (TPSA) is 51.2 Å². The number of carbonyl (C=O) groups excluding carboxylic acids is 1. The van der Waals surface area contributed by atoms with Crippen LogP contribution in [0.15, 0.2) is 18.2 Å². The summed E-state index contributed by atoms with van der Waals surface area (Å²) in [6.07, 6.45) is 0.363. The minimum absolute atomic E-state index is 0.118. The second kappa shape index (κ2) is 7.53. The SMILES string of the molecule is COCC1CC2CN(C(=O)OC(C)(C)C)CCN2c2cccc(Cl)c2O1. The molecule has 144 valence electrons. The van der Waals surface area contributed by atoms with Crippen LogP contribution < -0.4 is 9.64 Å². The molecule has 7 heteroatoms. The van der Waals surface area contributed by atoms with E-state index in [1.54, 1.807) is 12.0 Å². The predicted molar refractivity (Wildman–Crippen MR) is 101 cm³/mol. The largest absolute Gasteiger partial charge is 0.484 e. The quantitative estimate of drug-likeness (QED) is 0.782. The fourth-order valence-corrected chi connectivity index (χ4v) is 3.73. The molecule has 1 aromatic rings. The van der Waals surface area contributed by atoms with Crippen LogP contribution in [-0.2, 0) is 9.47 Å². The van der Waals surface area contributed by atoms with Crippen molar-refractivity contribution in [1.29, 1.82) is 0 Å². The number of halogens is 1. The Labute approximate surface area is 159 Å². The molecular weight excluding hydrogens is 356 g/mol. The summed E-state index contributed by atoms with van der Waals surface area (Å²) in [5, 5.41) is 0.596. The van der Waals surface area contributed by atoms with E-state index in [1.165, 1.54) is 0 Å². The summed E-state index contributed by atoms with van der Waals surface area (Å²) in [7, 11) is 1.66. The van der Waals surface area contributed by atoms with Crippen LogP contribution in [0.1, 0.15) is 27.2 Å². The van der Waals surface area contributed by atoms with E-state index in [4.69, 9.17) is 25.8 Å². The smallest absolute Gasteiger partial charge is 0.410 e. The van der Waals surface area contributed by atoms with Gasteiger partial charge in [-0.3, -0.25) is 0 Å². The number of anilines is 1. The highest BCUT2D eigenvalue weighted by molar-refractivity contribution is 6.32. The third kappa shape index (κ3) is 4.18. The summed E-state index contributed by atoms with van der Waals surface area (Å²) in [5.41, 5.74) is 0.476. The minimum Gasteiger partial charge on any atom is -0.484 e. The molecule has 0 saturated carbocycles. The van der Waals surface area contributed by atoms with Crippen molar-refractivity contribution in [2.24, 2.45) is 0 Å². The fourth-order valence-electron chi connectivity index (χ4n) is 3.51. The summed E-state index contributed by atoms with van der Waals surface area (Å²) in [6, 6.07) is 5.91. The number of piperazine rings is 1. The number of ether oxygens (including phenoxy) is 3. The molecule has 26 heavy (non-hydrogen) atoms. The Balaban J connectivity index is 1.83. The molecule has 1 aromatic carbocycles. The Morgan fingerprint density at radius 2 is 2.12 bits per heavy atom. The third-order valence-electron chi connectivity index (χ3n) is 4.56. The first-order valence-electron chi connectivity index (χ1n) is 8.97. The van der Waals surface area contributed by atoms with Crippen molar-refractivity contribution in [3.63, 3.8) is 0 Å². The van der Waals surface area contributed by atoms with Gasteiger partial charge in [0.05, 0.1) is 23.4 Å². The van der Waals surface area contributed by atoms with Crippen molar-refractivity contribution in [1.82, 2.24) is 4.90 Å². The predicted octanol–water partition coefficient (Wildman–Crippen LogP) is 3.56. The maximum absolute atomic E-state index is 12.5. The lowest BCUT2D eigenvalue weighted by molar-refractivity contribution is 0.0190. The van der Waals surface area contributed by atoms with Crippen LogP contribution in [0.4, 0.5) is 10.5 Å². The number of methoxy groups -OCH3 is 1. The summed E-state index contributed by atoms with van der Waals surface area (Å²) < 4.78 is 17.0. The number of benzene rings is 1. The minimum atomic E-state index is -0.501. The van der Waals surface area contributed by atoms with Gasteiger partial charge in [0.15, 0.2) is 5.75 Å². The molecule has 0 N–H and O–H groups in total. The molecular formula is C19H27ClN2O4. The van der Waals surface area contributed by atoms with E-state index >= 15 is 0 Å². The van der Waals surface area contributed by atoms with Crippen LogP contribution >= 0.6 is 11.6 Å². The first-order chi connectivity index (χ1) is 12.3. The molecule has 1 saturated heterocycles. The molecule has 0 aromatic heterocycles. The molecule has 2 atom stereocenters. The molecule has 0 bridgehead atoms. The zero-order chi connectivity index (χ0) is 18.9. The van der Waals surface area contributed by atoms with Crippen LogP contribution in [0.3, 0.4) is 0 Å². The van der Waals surface area contributed by atoms with Gasteiger partial charge in [-0.05, 0) is 32.9 Å². The van der Waals surface area contributed by atoms with E-state index in [2.05, 4.69) is 4.90 Å². The molecule has 2 aliphatic heterocycles. The number of amides is 1. The first-order valence-corrected chi connectivity index (χ1v) is 9.35. The number of fused-ring (bicyclic) bond motifs is 3. The van der Waals surface area contributed by atoms with Crippen molar-refractivity contribution in [3.8, 4) is 5.75 Å². The number of carbonyl (C=O) groups is 1. The lowest BCUT2D eigenvalue weighted by Crippen LogP contribution is -2.56. The van der Waals surface area contributed by atoms with E-state index in [-0.39, 0.29) is 18.2 Å². The molecule has 1 amide bonds. The molecule has 0 spiro atoms. The van der Waals surface area contributed by atoms with Gasteiger partial charge >= 0.3 is 6.09 Å². The summed E-state index contributed by atoms with van der Waals surface area (Å²) >= 11 is 6.39. The van der Waals surface area contributed by atoms with E-state index in [1.807, 2.05) is 39.0 Å². The van der Waals surface area contributed by atoms with E-state index in [9.17, 15) is 4.79 Å². The van der Waals surface area contributed by atoms with Crippen molar-refractivity contribution in [2.75, 3.05) is 38.3 Å². The lowest BCUT2D eigenvalue weighted by atomic mass is 10.0. The second-order valence-corrected chi connectivity index (χ2v) is 8.20. The molecule has 0 radical (unpaired) electrons. The Morgan fingerprint density at radius 3 is 2.81 bits per heavy atom. The molecule has 6 nitrogen and oxygen atoms in total. The van der Waals surface area contributed by atoms with Gasteiger partial charge < -0.3 is 24.0 Å². The zero-order valence-corrected chi connectivity index (χ0v) is 16.6. The Bertz CT molecular complexity index is 661. The average molecular weight is 383 g/mol. The third-order valence-corrected chi connectivity index (χ3v) is 4.86. The summed E-state index contributed by atoms with van der Waals surface area (Å²) in [4.78, 5) is 16.6. The van der Waals surface area contributed by atoms with Crippen LogP contribution in [0, 0.1) is 0 Å². The highest BCUT2D eigenvalue weighted by Crippen LogP contribution is 2.41. The van der Waals surface area contributed by atoms with Crippen molar-refractivity contribution < 1.29 is 19.0 Å². The highest BCUT2D eigenvalue weighted by atomic mass is 35.5. The normalized spacial score (nSPS) is 22.8. The number of para-hydroxylation sites is 1. The van der Waals surface area contributed by atoms with Gasteiger partial charge in [0.1, 0.15) is 11.7 Å². The molecule has 2 unspecified atom stereocenters. The lowest BCUT2D eigenvalue weighted by Gasteiger charge is -2.42. The van der Waals surface area contributed by atoms with Gasteiger partial charge in [0.2, 0.25) is 0 Å². The van der Waals surface area contributed by atoms with Crippen LogP contribution in [-0.4, -0.2) is 62.1 Å². The summed E-state index contributed by atoms with van der Waals surface area (Å²) in [5.74, 6) is 0.699. The summed E-state index contributed by atoms with van der Waals surface area (Å²) in [6.45, 7) is 8.02. The standard InChI is InChI=1S/C19H27ClN2O4/c1-19(2,3)26-18(23)21-8-9-22-13(11-21)10-14(12-24-4)25-17-15(20)6-5-7-16(17)22/h5-7,13-14H,8-12H2,1-4H3. The van der Waals surface area contributed by atoms with E-state index < -0.39 is 5.60 Å². The molecule has 3 rings (SSSR count). The highest BCUT2D eigenvalue weighted by Gasteiger charge is 2.37.